The van der Waals surface area contributed by atoms with E-state index in [1.54, 1.807) is 37.3 Å². The number of hydrogen-bond donors (Lipinski definition) is 1. The highest BCUT2D eigenvalue weighted by molar-refractivity contribution is 7.17. The lowest BCUT2D eigenvalue weighted by atomic mass is 10.0. The highest BCUT2D eigenvalue weighted by Gasteiger charge is 2.25. The van der Waals surface area contributed by atoms with Gasteiger partial charge in [-0.15, -0.1) is 11.3 Å². The van der Waals surface area contributed by atoms with Gasteiger partial charge in [0.2, 0.25) is 5.91 Å². The molecule has 0 aliphatic carbocycles. The van der Waals surface area contributed by atoms with Gasteiger partial charge in [0.25, 0.3) is 0 Å². The minimum absolute atomic E-state index is 0.214. The van der Waals surface area contributed by atoms with E-state index in [-0.39, 0.29) is 12.4 Å². The second-order valence-electron chi connectivity index (χ2n) is 6.34. The molecule has 0 unspecified atom stereocenters. The fraction of sp³-hybridized carbons (Fsp3) is 0.130. The Hall–Kier alpha value is -2.96. The summed E-state index contributed by atoms with van der Waals surface area (Å²) < 4.78 is 18.2. The molecule has 0 bridgehead atoms. The maximum absolute atomic E-state index is 13.0. The quantitative estimate of drug-likeness (QED) is 0.357. The van der Waals surface area contributed by atoms with Gasteiger partial charge in [-0.1, -0.05) is 35.9 Å². The van der Waals surface area contributed by atoms with Crippen molar-refractivity contribution in [3.63, 3.8) is 0 Å². The van der Waals surface area contributed by atoms with Crippen molar-refractivity contribution in [3.05, 3.63) is 81.5 Å². The fourth-order valence-electron chi connectivity index (χ4n) is 2.89. The first-order chi connectivity index (χ1) is 14.4. The van der Waals surface area contributed by atoms with Crippen LogP contribution >= 0.6 is 22.9 Å². The zero-order valence-electron chi connectivity index (χ0n) is 16.4. The number of anilines is 1. The molecule has 0 fully saturated rings. The number of nitrogens with one attached hydrogen (secondary N) is 1. The van der Waals surface area contributed by atoms with Crippen molar-refractivity contribution in [3.8, 4) is 11.1 Å². The van der Waals surface area contributed by atoms with Gasteiger partial charge in [0.15, 0.2) is 0 Å². The molecule has 0 aliphatic rings. The molecule has 1 aromatic heterocycles. The molecule has 1 amide bonds. The second-order valence-corrected chi connectivity index (χ2v) is 8.00. The van der Waals surface area contributed by atoms with Gasteiger partial charge in [-0.25, -0.2) is 9.18 Å². The first kappa shape index (κ1) is 21.7. The Kier molecular flexibility index (Phi) is 7.03. The van der Waals surface area contributed by atoms with Crippen LogP contribution in [0.25, 0.3) is 17.2 Å². The monoisotopic (exact) mass is 443 g/mol. The van der Waals surface area contributed by atoms with Crippen molar-refractivity contribution in [1.82, 2.24) is 0 Å². The van der Waals surface area contributed by atoms with E-state index in [2.05, 4.69) is 5.32 Å². The van der Waals surface area contributed by atoms with E-state index in [1.165, 1.54) is 29.5 Å². The number of benzene rings is 2. The molecule has 3 aromatic rings. The maximum Gasteiger partial charge on any atom is 0.341 e. The van der Waals surface area contributed by atoms with Gasteiger partial charge in [0, 0.05) is 21.5 Å². The van der Waals surface area contributed by atoms with Crippen molar-refractivity contribution < 1.29 is 18.7 Å². The Morgan fingerprint density at radius 3 is 2.43 bits per heavy atom. The van der Waals surface area contributed by atoms with Crippen LogP contribution in [0, 0.1) is 12.7 Å². The lowest BCUT2D eigenvalue weighted by molar-refractivity contribution is -0.111. The summed E-state index contributed by atoms with van der Waals surface area (Å²) in [5.74, 6) is -1.27. The molecule has 7 heteroatoms. The number of carbonyl (C=O) groups is 2. The van der Waals surface area contributed by atoms with Crippen molar-refractivity contribution in [2.45, 2.75) is 13.8 Å². The van der Waals surface area contributed by atoms with Gasteiger partial charge in [0.05, 0.1) is 6.61 Å². The van der Waals surface area contributed by atoms with E-state index < -0.39 is 11.9 Å². The largest absolute Gasteiger partial charge is 0.462 e. The van der Waals surface area contributed by atoms with Crippen molar-refractivity contribution in [2.24, 2.45) is 0 Å². The molecule has 2 aromatic carbocycles. The van der Waals surface area contributed by atoms with Crippen LogP contribution in [-0.4, -0.2) is 18.5 Å². The second kappa shape index (κ2) is 9.69. The smallest absolute Gasteiger partial charge is 0.341 e. The van der Waals surface area contributed by atoms with Gasteiger partial charge >= 0.3 is 5.97 Å². The number of halogens is 2. The van der Waals surface area contributed by atoms with Gasteiger partial charge in [-0.05, 0) is 55.3 Å². The van der Waals surface area contributed by atoms with Crippen LogP contribution in [0.1, 0.15) is 27.7 Å². The molecular weight excluding hydrogens is 425 g/mol. The highest BCUT2D eigenvalue weighted by Crippen LogP contribution is 2.40. The fourth-order valence-corrected chi connectivity index (χ4v) is 4.09. The first-order valence-electron chi connectivity index (χ1n) is 9.20. The van der Waals surface area contributed by atoms with E-state index >= 15 is 0 Å². The van der Waals surface area contributed by atoms with Crippen LogP contribution in [0.3, 0.4) is 0 Å². The summed E-state index contributed by atoms with van der Waals surface area (Å²) in [5, 5.41) is 3.76. The predicted molar refractivity (Wildman–Crippen MR) is 120 cm³/mol. The molecule has 30 heavy (non-hydrogen) atoms. The normalized spacial score (nSPS) is 10.9. The highest BCUT2D eigenvalue weighted by atomic mass is 35.5. The number of amides is 1. The zero-order valence-corrected chi connectivity index (χ0v) is 17.9. The van der Waals surface area contributed by atoms with E-state index in [9.17, 15) is 14.0 Å². The Labute approximate surface area is 183 Å². The van der Waals surface area contributed by atoms with Crippen molar-refractivity contribution >= 4 is 45.9 Å². The first-order valence-corrected chi connectivity index (χ1v) is 10.4. The summed E-state index contributed by atoms with van der Waals surface area (Å²) in [6.45, 7) is 3.82. The van der Waals surface area contributed by atoms with E-state index in [0.29, 0.717) is 26.7 Å². The van der Waals surface area contributed by atoms with Crippen LogP contribution in [0.5, 0.6) is 0 Å². The van der Waals surface area contributed by atoms with Crippen molar-refractivity contribution in [2.75, 3.05) is 11.9 Å². The Bertz CT molecular complexity index is 1090. The minimum Gasteiger partial charge on any atom is -0.462 e. The Balaban J connectivity index is 1.92. The lowest BCUT2D eigenvalue weighted by Gasteiger charge is -2.08. The van der Waals surface area contributed by atoms with Crippen LogP contribution in [-0.2, 0) is 9.53 Å². The third kappa shape index (κ3) is 5.14. The summed E-state index contributed by atoms with van der Waals surface area (Å²) in [7, 11) is 0. The molecule has 0 aliphatic heterocycles. The van der Waals surface area contributed by atoms with Crippen LogP contribution in [0.2, 0.25) is 5.02 Å². The lowest BCUT2D eigenvalue weighted by Crippen LogP contribution is -2.12. The third-order valence-corrected chi connectivity index (χ3v) is 5.50. The number of esters is 1. The SMILES string of the molecule is CCOC(=O)c1c(NC(=O)/C=C/c2ccc(F)cc2)sc(C)c1-c1ccc(Cl)cc1. The van der Waals surface area contributed by atoms with Crippen LogP contribution in [0.15, 0.2) is 54.6 Å². The van der Waals surface area contributed by atoms with Crippen molar-refractivity contribution in [1.29, 1.82) is 0 Å². The topological polar surface area (TPSA) is 55.4 Å². The number of ether oxygens (including phenoxy) is 1. The van der Waals surface area contributed by atoms with E-state index in [0.717, 1.165) is 10.4 Å². The molecule has 0 spiro atoms. The van der Waals surface area contributed by atoms with E-state index in [4.69, 9.17) is 16.3 Å². The van der Waals surface area contributed by atoms with Crippen LogP contribution < -0.4 is 5.32 Å². The average Bonchev–Trinajstić information content (AvgIpc) is 3.04. The molecule has 1 heterocycles. The molecular formula is C23H19ClFNO3S. The number of carbonyl (C=O) groups excluding carboxylic acids is 2. The van der Waals surface area contributed by atoms with Crippen LogP contribution in [0.4, 0.5) is 9.39 Å². The summed E-state index contributed by atoms with van der Waals surface area (Å²) in [4.78, 5) is 26.0. The molecule has 0 atom stereocenters. The molecule has 0 saturated carbocycles. The molecule has 154 valence electrons. The number of hydrogen-bond acceptors (Lipinski definition) is 4. The summed E-state index contributed by atoms with van der Waals surface area (Å²) in [6.07, 6.45) is 2.90. The van der Waals surface area contributed by atoms with Gasteiger partial charge in [-0.3, -0.25) is 4.79 Å². The zero-order chi connectivity index (χ0) is 21.7. The number of aryl methyl sites for hydroxylation is 1. The third-order valence-electron chi connectivity index (χ3n) is 4.23. The molecule has 3 rings (SSSR count). The Morgan fingerprint density at radius 1 is 1.13 bits per heavy atom. The summed E-state index contributed by atoms with van der Waals surface area (Å²) in [5.41, 5.74) is 2.50. The molecule has 0 radical (unpaired) electrons. The van der Waals surface area contributed by atoms with Gasteiger partial charge < -0.3 is 10.1 Å². The van der Waals surface area contributed by atoms with E-state index in [1.807, 2.05) is 19.1 Å². The van der Waals surface area contributed by atoms with Gasteiger partial charge in [0.1, 0.15) is 16.4 Å². The summed E-state index contributed by atoms with van der Waals surface area (Å²) in [6, 6.07) is 12.9. The molecule has 0 saturated heterocycles. The standard InChI is InChI=1S/C23H19ClFNO3S/c1-3-29-23(28)21-20(16-7-9-17(24)10-8-16)14(2)30-22(21)26-19(27)13-6-15-4-11-18(25)12-5-15/h4-13H,3H2,1-2H3,(H,26,27)/b13-6+. The molecule has 4 nitrogen and oxygen atoms in total. The van der Waals surface area contributed by atoms with Gasteiger partial charge in [-0.2, -0.15) is 0 Å². The predicted octanol–water partition coefficient (Wildman–Crippen LogP) is 6.34. The molecule has 1 N–H and O–H groups in total. The number of rotatable bonds is 6. The maximum atomic E-state index is 13.0. The summed E-state index contributed by atoms with van der Waals surface area (Å²) >= 11 is 7.28. The Morgan fingerprint density at radius 2 is 1.80 bits per heavy atom. The number of thiophene rings is 1. The minimum atomic E-state index is -0.510. The average molecular weight is 444 g/mol.